The molecule has 418 valence electrons. The van der Waals surface area contributed by atoms with Crippen LogP contribution in [0.4, 0.5) is 0 Å². The third kappa shape index (κ3) is 6.85. The molecule has 16 aromatic heterocycles. The topological polar surface area (TPSA) is 161 Å². The number of benzene rings is 1. The Labute approximate surface area is 506 Å². The van der Waals surface area contributed by atoms with Crippen molar-refractivity contribution < 1.29 is 30.9 Å². The summed E-state index contributed by atoms with van der Waals surface area (Å²) in [6.45, 7) is -2.31. The zero-order valence-electron chi connectivity index (χ0n) is 52.9. The van der Waals surface area contributed by atoms with E-state index >= 15 is 0 Å². The van der Waals surface area contributed by atoms with Gasteiger partial charge in [0, 0.05) is 85.1 Å². The van der Waals surface area contributed by atoms with Gasteiger partial charge in [0.1, 0.15) is 48.5 Å². The van der Waals surface area contributed by atoms with Gasteiger partial charge in [-0.2, -0.15) is 4.57 Å². The van der Waals surface area contributed by atoms with Crippen LogP contribution in [0.2, 0.25) is 0 Å². The quantitative estimate of drug-likeness (QED) is 0.146. The van der Waals surface area contributed by atoms with Crippen molar-refractivity contribution >= 4 is 98.1 Å². The summed E-state index contributed by atoms with van der Waals surface area (Å²) >= 11 is 1.83. The standard InChI is InChI=1S/C21H16N5.C16H14N5.C15H11N4O.C15H11N4S/c1-24-20-15-8-5-10-23-17(15)13-25(20)19-16-12-22-11-9-18(16)26(21(19)24)14-6-3-2-4-7-14;1-19-13-5-7-17-8-11(13)14-16(19)20(2)15-10-4-3-6-18-12(10)9-21(14)15;2*1-18-14-9-3-2-5-17-11(9)8-19(14)13-10-7-16-6-4-12(10)20-15(13)18/h2-12H,13H2,1H3;3-8H,9H2,1-2H3;2*2-7H,8H2,1H3/q4*+1/i;1D3,2D3;;. The monoisotopic (exact) mass is 1160 g/mol. The average Bonchev–Trinajstić information content (AvgIpc) is 1.57. The Balaban J connectivity index is 0.0000000920. The van der Waals surface area contributed by atoms with Crippen molar-refractivity contribution in [2.24, 2.45) is 35.1 Å². The van der Waals surface area contributed by atoms with Crippen molar-refractivity contribution in [1.29, 1.82) is 0 Å². The van der Waals surface area contributed by atoms with E-state index in [1.165, 1.54) is 77.0 Å². The van der Waals surface area contributed by atoms with E-state index in [0.717, 1.165) is 85.3 Å². The lowest BCUT2D eigenvalue weighted by Crippen LogP contribution is -2.31. The van der Waals surface area contributed by atoms with E-state index < -0.39 is 14.0 Å². The van der Waals surface area contributed by atoms with Crippen molar-refractivity contribution in [3.05, 3.63) is 200 Å². The van der Waals surface area contributed by atoms with Gasteiger partial charge in [-0.15, -0.1) is 0 Å². The van der Waals surface area contributed by atoms with Gasteiger partial charge in [-0.3, -0.25) is 44.4 Å². The third-order valence-corrected chi connectivity index (χ3v) is 18.7. The first kappa shape index (κ1) is 43.5. The number of fused-ring (bicyclic) bond motifs is 28. The van der Waals surface area contributed by atoms with E-state index in [1.54, 1.807) is 30.7 Å². The van der Waals surface area contributed by atoms with Crippen LogP contribution in [0.15, 0.2) is 182 Å². The van der Waals surface area contributed by atoms with Crippen LogP contribution in [-0.2, 0) is 61.3 Å². The second-order valence-corrected chi connectivity index (χ2v) is 23.1. The number of hydrogen-bond acceptors (Lipinski definition) is 10. The van der Waals surface area contributed by atoms with E-state index in [1.807, 2.05) is 103 Å². The van der Waals surface area contributed by atoms with Crippen LogP contribution in [0.1, 0.15) is 31.0 Å². The molecule has 0 radical (unpaired) electrons. The lowest BCUT2D eigenvalue weighted by atomic mass is 10.2. The van der Waals surface area contributed by atoms with Crippen LogP contribution >= 0.6 is 11.3 Å². The van der Waals surface area contributed by atoms with Crippen LogP contribution < -0.4 is 18.3 Å². The SMILES string of the molecule is C[n+]1c2n(c3c4cnccc4n(-c4ccccc4)c31)Cc1ncccc1-2.C[n+]1c2n(c3c4cnccc4oc31)Cc1ncccc1-2.C[n+]1c2n(c3c4cnccc4sc31)Cc1ncccc1-2.[2H]C([2H])([2H])n1c2ccncc2c2c1[n+](C([2H])([2H])[2H])c1n2Cc2ncccc2-1. The molecule has 20 heteroatoms. The number of imidazole rings is 4. The van der Waals surface area contributed by atoms with Gasteiger partial charge >= 0.3 is 5.71 Å². The number of aromatic nitrogens is 18. The molecule has 4 aliphatic heterocycles. The summed E-state index contributed by atoms with van der Waals surface area (Å²) < 4.78 is 75.7. The molecule has 0 saturated carbocycles. The number of thiophene rings is 1. The number of nitrogens with zero attached hydrogens (tertiary/aromatic N) is 18. The van der Waals surface area contributed by atoms with Gasteiger partial charge in [-0.25, -0.2) is 36.5 Å². The second kappa shape index (κ2) is 18.4. The molecule has 19 nitrogen and oxygen atoms in total. The van der Waals surface area contributed by atoms with E-state index in [0.29, 0.717) is 34.4 Å². The number of para-hydroxylation sites is 1. The Kier molecular flexibility index (Phi) is 9.22. The minimum Gasteiger partial charge on any atom is -0.419 e. The van der Waals surface area contributed by atoms with Gasteiger partial charge in [0.15, 0.2) is 16.6 Å². The molecular weight excluding hydrogens is 1100 g/mol. The van der Waals surface area contributed by atoms with E-state index in [9.17, 15) is 0 Å². The average molecular weight is 1160 g/mol. The smallest absolute Gasteiger partial charge is 0.339 e. The minimum absolute atomic E-state index is 0.141. The molecule has 0 atom stereocenters. The van der Waals surface area contributed by atoms with Gasteiger partial charge < -0.3 is 4.42 Å². The zero-order chi connectivity index (χ0) is 62.9. The first-order chi connectivity index (χ1) is 45.2. The Morgan fingerprint density at radius 2 is 0.943 bits per heavy atom. The summed E-state index contributed by atoms with van der Waals surface area (Å²) in [6.07, 6.45) is 21.6. The normalized spacial score (nSPS) is 14.2. The van der Waals surface area contributed by atoms with E-state index in [2.05, 4.69) is 147 Å². The maximum Gasteiger partial charge on any atom is 0.339 e. The number of aryl methyl sites for hydroxylation is 5. The van der Waals surface area contributed by atoms with Crippen LogP contribution in [-0.4, -0.2) is 67.3 Å². The molecule has 17 aromatic rings. The molecule has 1 aromatic carbocycles. The molecule has 0 fully saturated rings. The third-order valence-electron chi connectivity index (χ3n) is 17.5. The molecule has 0 amide bonds. The molecule has 0 spiro atoms. The van der Waals surface area contributed by atoms with E-state index in [4.69, 9.17) is 12.6 Å². The molecule has 20 heterocycles. The maximum absolute atomic E-state index is 8.11. The summed E-state index contributed by atoms with van der Waals surface area (Å²) in [7, 11) is 6.31. The molecular formula is C67H52N18OS+4. The fourth-order valence-electron chi connectivity index (χ4n) is 13.9. The number of hydrogen-bond donors (Lipinski definition) is 0. The molecule has 87 heavy (non-hydrogen) atoms. The zero-order valence-corrected chi connectivity index (χ0v) is 47.8. The number of pyridine rings is 8. The second-order valence-electron chi connectivity index (χ2n) is 22.0. The molecule has 0 N–H and O–H groups in total. The lowest BCUT2D eigenvalue weighted by molar-refractivity contribution is -0.640. The van der Waals surface area contributed by atoms with Crippen LogP contribution in [0, 0.1) is 0 Å². The highest BCUT2D eigenvalue weighted by Gasteiger charge is 2.40. The minimum atomic E-state index is -2.57. The van der Waals surface area contributed by atoms with Gasteiger partial charge in [-0.1, -0.05) is 29.5 Å². The highest BCUT2D eigenvalue weighted by atomic mass is 32.1. The van der Waals surface area contributed by atoms with Crippen LogP contribution in [0.5, 0.6) is 0 Å². The van der Waals surface area contributed by atoms with Gasteiger partial charge in [-0.05, 0) is 78.9 Å². The molecule has 0 saturated heterocycles. The summed E-state index contributed by atoms with van der Waals surface area (Å²) in [5, 5.41) is 4.06. The molecule has 0 unspecified atom stereocenters. The van der Waals surface area contributed by atoms with E-state index in [-0.39, 0.29) is 5.65 Å². The highest BCUT2D eigenvalue weighted by Crippen LogP contribution is 2.42. The molecule has 0 bridgehead atoms. The van der Waals surface area contributed by atoms with Crippen molar-refractivity contribution in [3.8, 4) is 51.2 Å². The largest absolute Gasteiger partial charge is 0.419 e. The Morgan fingerprint density at radius 1 is 0.448 bits per heavy atom. The summed E-state index contributed by atoms with van der Waals surface area (Å²) in [4.78, 5) is 36.3. The van der Waals surface area contributed by atoms with Crippen molar-refractivity contribution in [2.45, 2.75) is 26.2 Å². The summed E-state index contributed by atoms with van der Waals surface area (Å²) in [5.74, 6) is 4.04. The van der Waals surface area contributed by atoms with Crippen LogP contribution in [0.25, 0.3) is 138 Å². The van der Waals surface area contributed by atoms with Gasteiger partial charge in [0.05, 0.1) is 110 Å². The molecule has 0 aliphatic carbocycles. The van der Waals surface area contributed by atoms with Crippen LogP contribution in [0.3, 0.4) is 0 Å². The lowest BCUT2D eigenvalue weighted by Gasteiger charge is -2.03. The first-order valence-electron chi connectivity index (χ1n) is 31.3. The number of rotatable bonds is 1. The van der Waals surface area contributed by atoms with Gasteiger partial charge in [0.2, 0.25) is 22.0 Å². The summed E-state index contributed by atoms with van der Waals surface area (Å²) in [6, 6.07) is 34.2. The highest BCUT2D eigenvalue weighted by molar-refractivity contribution is 7.25. The Morgan fingerprint density at radius 3 is 1.55 bits per heavy atom. The molecule has 21 rings (SSSR count). The first-order valence-corrected chi connectivity index (χ1v) is 29.2. The Bertz CT molecular complexity index is 5840. The maximum atomic E-state index is 8.11. The predicted molar refractivity (Wildman–Crippen MR) is 331 cm³/mol. The number of furan rings is 1. The van der Waals surface area contributed by atoms with Crippen molar-refractivity contribution in [3.63, 3.8) is 0 Å². The predicted octanol–water partition coefficient (Wildman–Crippen LogP) is 9.53. The summed E-state index contributed by atoms with van der Waals surface area (Å²) in [5.41, 5.74) is 18.5. The van der Waals surface area contributed by atoms with Crippen molar-refractivity contribution in [2.75, 3.05) is 0 Å². The Hall–Kier alpha value is -11.1. The van der Waals surface area contributed by atoms with Gasteiger partial charge in [0.25, 0.3) is 22.9 Å². The fraction of sp³-hybridized carbons (Fsp3) is 0.134. The van der Waals surface area contributed by atoms with Crippen molar-refractivity contribution in [1.82, 2.24) is 67.3 Å². The molecule has 4 aliphatic rings. The fourth-order valence-corrected chi connectivity index (χ4v) is 15.1.